The van der Waals surface area contributed by atoms with E-state index in [-0.39, 0.29) is 19.0 Å². The van der Waals surface area contributed by atoms with E-state index < -0.39 is 11.9 Å². The van der Waals surface area contributed by atoms with Gasteiger partial charge in [0.25, 0.3) is 5.91 Å². The standard InChI is InChI=1S/C12H15N3O3/c1-3-10-9(4-7(2)13-14-10)11(16)15-5-8(6-15)12(17)18/h4,8H,3,5-6H2,1-2H3,(H,17,18). The van der Waals surface area contributed by atoms with Gasteiger partial charge >= 0.3 is 5.97 Å². The molecule has 6 nitrogen and oxygen atoms in total. The summed E-state index contributed by atoms with van der Waals surface area (Å²) in [6, 6.07) is 1.71. The Kier molecular flexibility index (Phi) is 3.27. The molecular formula is C12H15N3O3. The molecule has 0 radical (unpaired) electrons. The Bertz CT molecular complexity index is 495. The molecule has 1 aromatic rings. The van der Waals surface area contributed by atoms with E-state index in [2.05, 4.69) is 10.2 Å². The predicted octanol–water partition coefficient (Wildman–Crippen LogP) is 0.504. The third-order valence-corrected chi connectivity index (χ3v) is 3.08. The zero-order valence-corrected chi connectivity index (χ0v) is 10.4. The molecule has 96 valence electrons. The molecule has 0 saturated carbocycles. The summed E-state index contributed by atoms with van der Waals surface area (Å²) in [5.74, 6) is -1.43. The lowest BCUT2D eigenvalue weighted by molar-refractivity contribution is -0.146. The molecule has 1 fully saturated rings. The van der Waals surface area contributed by atoms with Crippen LogP contribution >= 0.6 is 0 Å². The number of aliphatic carboxylic acids is 1. The Hall–Kier alpha value is -1.98. The topological polar surface area (TPSA) is 83.4 Å². The van der Waals surface area contributed by atoms with Crippen LogP contribution in [0.5, 0.6) is 0 Å². The quantitative estimate of drug-likeness (QED) is 0.843. The molecule has 0 unspecified atom stereocenters. The summed E-state index contributed by atoms with van der Waals surface area (Å²) < 4.78 is 0. The number of nitrogens with zero attached hydrogens (tertiary/aromatic N) is 3. The van der Waals surface area contributed by atoms with Crippen molar-refractivity contribution in [1.29, 1.82) is 0 Å². The van der Waals surface area contributed by atoms with E-state index in [4.69, 9.17) is 5.11 Å². The van der Waals surface area contributed by atoms with Gasteiger partial charge in [-0.1, -0.05) is 6.92 Å². The first-order valence-electron chi connectivity index (χ1n) is 5.88. The summed E-state index contributed by atoms with van der Waals surface area (Å²) in [5.41, 5.74) is 1.88. The maximum Gasteiger partial charge on any atom is 0.310 e. The van der Waals surface area contributed by atoms with E-state index >= 15 is 0 Å². The summed E-state index contributed by atoms with van der Waals surface area (Å²) in [7, 11) is 0. The summed E-state index contributed by atoms with van der Waals surface area (Å²) in [4.78, 5) is 24.4. The van der Waals surface area contributed by atoms with Crippen LogP contribution in [-0.4, -0.2) is 45.2 Å². The molecule has 1 aliphatic heterocycles. The number of hydrogen-bond acceptors (Lipinski definition) is 4. The number of carbonyl (C=O) groups is 2. The Morgan fingerprint density at radius 2 is 2.11 bits per heavy atom. The lowest BCUT2D eigenvalue weighted by atomic mass is 9.98. The van der Waals surface area contributed by atoms with Gasteiger partial charge in [-0.3, -0.25) is 9.59 Å². The van der Waals surface area contributed by atoms with E-state index in [1.165, 1.54) is 4.90 Å². The number of carboxylic acid groups (broad SMARTS) is 1. The molecule has 6 heteroatoms. The number of amides is 1. The van der Waals surface area contributed by atoms with Crippen LogP contribution in [0, 0.1) is 12.8 Å². The van der Waals surface area contributed by atoms with Crippen molar-refractivity contribution in [2.75, 3.05) is 13.1 Å². The number of aryl methyl sites for hydroxylation is 2. The normalized spacial score (nSPS) is 15.3. The monoisotopic (exact) mass is 249 g/mol. The van der Waals surface area contributed by atoms with Gasteiger partial charge in [0.2, 0.25) is 0 Å². The highest BCUT2D eigenvalue weighted by molar-refractivity contribution is 5.96. The molecule has 0 spiro atoms. The molecule has 1 aliphatic rings. The van der Waals surface area contributed by atoms with Gasteiger partial charge in [0.05, 0.1) is 22.9 Å². The Balaban J connectivity index is 2.15. The largest absolute Gasteiger partial charge is 0.481 e. The van der Waals surface area contributed by atoms with Crippen molar-refractivity contribution in [2.45, 2.75) is 20.3 Å². The molecular weight excluding hydrogens is 234 g/mol. The fourth-order valence-electron chi connectivity index (χ4n) is 1.93. The van der Waals surface area contributed by atoms with Gasteiger partial charge in [-0.05, 0) is 19.4 Å². The van der Waals surface area contributed by atoms with Gasteiger partial charge in [-0.15, -0.1) is 0 Å². The number of rotatable bonds is 3. The fourth-order valence-corrected chi connectivity index (χ4v) is 1.93. The maximum absolute atomic E-state index is 12.2. The van der Waals surface area contributed by atoms with Crippen LogP contribution in [0.25, 0.3) is 0 Å². The van der Waals surface area contributed by atoms with Crippen LogP contribution in [0.3, 0.4) is 0 Å². The van der Waals surface area contributed by atoms with Crippen molar-refractivity contribution in [1.82, 2.24) is 15.1 Å². The SMILES string of the molecule is CCc1nnc(C)cc1C(=O)N1CC(C(=O)O)C1. The number of likely N-dealkylation sites (tertiary alicyclic amines) is 1. The second kappa shape index (κ2) is 4.72. The minimum absolute atomic E-state index is 0.151. The van der Waals surface area contributed by atoms with Crippen LogP contribution in [0.15, 0.2) is 6.07 Å². The van der Waals surface area contributed by atoms with Crippen LogP contribution in [0.2, 0.25) is 0 Å². The zero-order chi connectivity index (χ0) is 13.3. The molecule has 0 atom stereocenters. The number of carboxylic acids is 1. The van der Waals surface area contributed by atoms with Gasteiger partial charge in [-0.2, -0.15) is 10.2 Å². The van der Waals surface area contributed by atoms with Crippen molar-refractivity contribution < 1.29 is 14.7 Å². The molecule has 2 rings (SSSR count). The van der Waals surface area contributed by atoms with Crippen molar-refractivity contribution in [3.05, 3.63) is 23.0 Å². The number of carbonyl (C=O) groups excluding carboxylic acids is 1. The number of hydrogen-bond donors (Lipinski definition) is 1. The van der Waals surface area contributed by atoms with Gasteiger partial charge in [0.1, 0.15) is 0 Å². The van der Waals surface area contributed by atoms with Gasteiger partial charge in [-0.25, -0.2) is 0 Å². The predicted molar refractivity (Wildman–Crippen MR) is 63.2 cm³/mol. The van der Waals surface area contributed by atoms with E-state index in [1.807, 2.05) is 6.92 Å². The van der Waals surface area contributed by atoms with Crippen molar-refractivity contribution in [3.63, 3.8) is 0 Å². The first kappa shape index (κ1) is 12.5. The first-order chi connectivity index (χ1) is 8.52. The molecule has 2 heterocycles. The second-order valence-electron chi connectivity index (χ2n) is 4.44. The minimum atomic E-state index is -0.848. The summed E-state index contributed by atoms with van der Waals surface area (Å²) >= 11 is 0. The van der Waals surface area contributed by atoms with Crippen LogP contribution in [0.4, 0.5) is 0 Å². The lowest BCUT2D eigenvalue weighted by Crippen LogP contribution is -2.53. The van der Waals surface area contributed by atoms with Gasteiger partial charge < -0.3 is 10.0 Å². The average molecular weight is 249 g/mol. The van der Waals surface area contributed by atoms with E-state index in [9.17, 15) is 9.59 Å². The molecule has 0 bridgehead atoms. The smallest absolute Gasteiger partial charge is 0.310 e. The summed E-state index contributed by atoms with van der Waals surface area (Å²) in [5, 5.41) is 16.7. The highest BCUT2D eigenvalue weighted by Gasteiger charge is 2.36. The Morgan fingerprint density at radius 1 is 1.44 bits per heavy atom. The van der Waals surface area contributed by atoms with E-state index in [0.717, 1.165) is 0 Å². The maximum atomic E-state index is 12.2. The third-order valence-electron chi connectivity index (χ3n) is 3.08. The zero-order valence-electron chi connectivity index (χ0n) is 10.4. The lowest BCUT2D eigenvalue weighted by Gasteiger charge is -2.36. The Morgan fingerprint density at radius 3 is 2.67 bits per heavy atom. The molecule has 0 aliphatic carbocycles. The van der Waals surface area contributed by atoms with E-state index in [1.54, 1.807) is 13.0 Å². The average Bonchev–Trinajstić information content (AvgIpc) is 2.26. The van der Waals surface area contributed by atoms with Crippen molar-refractivity contribution in [3.8, 4) is 0 Å². The van der Waals surface area contributed by atoms with Crippen molar-refractivity contribution >= 4 is 11.9 Å². The van der Waals surface area contributed by atoms with E-state index in [0.29, 0.717) is 23.4 Å². The molecule has 0 aromatic carbocycles. The molecule has 1 amide bonds. The first-order valence-corrected chi connectivity index (χ1v) is 5.88. The second-order valence-corrected chi connectivity index (χ2v) is 4.44. The van der Waals surface area contributed by atoms with Crippen LogP contribution in [-0.2, 0) is 11.2 Å². The molecule has 18 heavy (non-hydrogen) atoms. The highest BCUT2D eigenvalue weighted by Crippen LogP contribution is 2.20. The fraction of sp³-hybridized carbons (Fsp3) is 0.500. The third kappa shape index (κ3) is 2.18. The number of aromatic nitrogens is 2. The highest BCUT2D eigenvalue weighted by atomic mass is 16.4. The summed E-state index contributed by atoms with van der Waals surface area (Å²) in [6.07, 6.45) is 0.630. The van der Waals surface area contributed by atoms with Crippen LogP contribution < -0.4 is 0 Å². The molecule has 1 saturated heterocycles. The van der Waals surface area contributed by atoms with Gasteiger partial charge in [0, 0.05) is 13.1 Å². The van der Waals surface area contributed by atoms with Crippen molar-refractivity contribution in [2.24, 2.45) is 5.92 Å². The minimum Gasteiger partial charge on any atom is -0.481 e. The van der Waals surface area contributed by atoms with Crippen LogP contribution in [0.1, 0.15) is 28.7 Å². The van der Waals surface area contributed by atoms with Gasteiger partial charge in [0.15, 0.2) is 0 Å². The summed E-state index contributed by atoms with van der Waals surface area (Å²) in [6.45, 7) is 4.24. The Labute approximate surface area is 105 Å². The molecule has 1 aromatic heterocycles. The molecule has 1 N–H and O–H groups in total.